The Morgan fingerprint density at radius 1 is 1.41 bits per heavy atom. The SMILES string of the molecule is C[C@H](CN1CCOCC1)NC(=O)Nc1nc2ccccc2s1. The van der Waals surface area contributed by atoms with Crippen molar-refractivity contribution in [1.82, 2.24) is 15.2 Å². The molecule has 3 rings (SSSR count). The van der Waals surface area contributed by atoms with Gasteiger partial charge in [-0.25, -0.2) is 9.78 Å². The fourth-order valence-corrected chi connectivity index (χ4v) is 3.36. The number of urea groups is 1. The molecule has 0 spiro atoms. The number of nitrogens with zero attached hydrogens (tertiary/aromatic N) is 2. The molecule has 0 bridgehead atoms. The predicted octanol–water partition coefficient (Wildman–Crippen LogP) is 2.14. The Kier molecular flexibility index (Phi) is 4.87. The number of amides is 2. The second-order valence-electron chi connectivity index (χ2n) is 5.40. The number of para-hydroxylation sites is 1. The van der Waals surface area contributed by atoms with Gasteiger partial charge < -0.3 is 10.1 Å². The van der Waals surface area contributed by atoms with Gasteiger partial charge in [-0.2, -0.15) is 0 Å². The van der Waals surface area contributed by atoms with Crippen LogP contribution >= 0.6 is 11.3 Å². The number of thiazole rings is 1. The molecule has 0 radical (unpaired) electrons. The van der Waals surface area contributed by atoms with E-state index >= 15 is 0 Å². The largest absolute Gasteiger partial charge is 0.379 e. The molecule has 1 aromatic carbocycles. The van der Waals surface area contributed by atoms with Crippen LogP contribution in [0.1, 0.15) is 6.92 Å². The predicted molar refractivity (Wildman–Crippen MR) is 88.5 cm³/mol. The van der Waals surface area contributed by atoms with Gasteiger partial charge in [0.05, 0.1) is 23.4 Å². The zero-order valence-corrected chi connectivity index (χ0v) is 13.4. The first-order valence-corrected chi connectivity index (χ1v) is 8.25. The standard InChI is InChI=1S/C15H20N4O2S/c1-11(10-19-6-8-21-9-7-19)16-14(20)18-15-17-12-4-2-3-5-13(12)22-15/h2-5,11H,6-10H2,1H3,(H2,16,17,18,20)/t11-/m1/s1. The number of hydrogen-bond acceptors (Lipinski definition) is 5. The number of carbonyl (C=O) groups is 1. The molecule has 22 heavy (non-hydrogen) atoms. The van der Waals surface area contributed by atoms with Crippen molar-refractivity contribution >= 4 is 32.7 Å². The van der Waals surface area contributed by atoms with Crippen LogP contribution < -0.4 is 10.6 Å². The maximum absolute atomic E-state index is 12.0. The summed E-state index contributed by atoms with van der Waals surface area (Å²) in [5, 5.41) is 6.39. The van der Waals surface area contributed by atoms with E-state index in [4.69, 9.17) is 4.74 Å². The quantitative estimate of drug-likeness (QED) is 0.906. The summed E-state index contributed by atoms with van der Waals surface area (Å²) in [6, 6.07) is 7.71. The van der Waals surface area contributed by atoms with E-state index in [0.29, 0.717) is 5.13 Å². The van der Waals surface area contributed by atoms with E-state index in [0.717, 1.165) is 43.1 Å². The van der Waals surface area contributed by atoms with Gasteiger partial charge in [0.2, 0.25) is 0 Å². The van der Waals surface area contributed by atoms with Gasteiger partial charge >= 0.3 is 6.03 Å². The van der Waals surface area contributed by atoms with Crippen molar-refractivity contribution in [3.8, 4) is 0 Å². The van der Waals surface area contributed by atoms with Crippen LogP contribution in [-0.2, 0) is 4.74 Å². The number of anilines is 1. The Labute approximate surface area is 133 Å². The monoisotopic (exact) mass is 320 g/mol. The Bertz CT molecular complexity index is 606. The summed E-state index contributed by atoms with van der Waals surface area (Å²) in [5.41, 5.74) is 0.907. The van der Waals surface area contributed by atoms with Gasteiger partial charge in [-0.05, 0) is 19.1 Å². The summed E-state index contributed by atoms with van der Waals surface area (Å²) in [4.78, 5) is 18.7. The third-order valence-electron chi connectivity index (χ3n) is 3.53. The lowest BCUT2D eigenvalue weighted by atomic mass is 10.3. The summed E-state index contributed by atoms with van der Waals surface area (Å²) in [6.07, 6.45) is 0. The van der Waals surface area contributed by atoms with E-state index in [1.807, 2.05) is 31.2 Å². The molecule has 1 aliphatic rings. The molecule has 7 heteroatoms. The number of morpholine rings is 1. The summed E-state index contributed by atoms with van der Waals surface area (Å²) in [6.45, 7) is 6.22. The normalized spacial score (nSPS) is 17.3. The molecule has 118 valence electrons. The minimum atomic E-state index is -0.209. The maximum Gasteiger partial charge on any atom is 0.321 e. The van der Waals surface area contributed by atoms with E-state index in [1.54, 1.807) is 0 Å². The molecular weight excluding hydrogens is 300 g/mol. The number of nitrogens with one attached hydrogen (secondary N) is 2. The van der Waals surface area contributed by atoms with Crippen LogP contribution in [-0.4, -0.2) is 54.8 Å². The lowest BCUT2D eigenvalue weighted by molar-refractivity contribution is 0.0350. The summed E-state index contributed by atoms with van der Waals surface area (Å²) < 4.78 is 6.39. The number of carbonyl (C=O) groups excluding carboxylic acids is 1. The van der Waals surface area contributed by atoms with Crippen LogP contribution in [0.2, 0.25) is 0 Å². The van der Waals surface area contributed by atoms with Crippen LogP contribution in [0.4, 0.5) is 9.93 Å². The third kappa shape index (κ3) is 3.94. The van der Waals surface area contributed by atoms with E-state index in [-0.39, 0.29) is 12.1 Å². The maximum atomic E-state index is 12.0. The highest BCUT2D eigenvalue weighted by Crippen LogP contribution is 2.25. The number of hydrogen-bond donors (Lipinski definition) is 2. The Morgan fingerprint density at radius 3 is 2.95 bits per heavy atom. The molecule has 6 nitrogen and oxygen atoms in total. The van der Waals surface area contributed by atoms with E-state index < -0.39 is 0 Å². The van der Waals surface area contributed by atoms with E-state index in [9.17, 15) is 4.79 Å². The van der Waals surface area contributed by atoms with Crippen molar-refractivity contribution < 1.29 is 9.53 Å². The highest BCUT2D eigenvalue weighted by Gasteiger charge is 2.15. The summed E-state index contributed by atoms with van der Waals surface area (Å²) in [5.74, 6) is 0. The molecule has 1 fully saturated rings. The average molecular weight is 320 g/mol. The van der Waals surface area contributed by atoms with Crippen molar-refractivity contribution in [2.45, 2.75) is 13.0 Å². The molecule has 2 heterocycles. The molecular formula is C15H20N4O2S. The van der Waals surface area contributed by atoms with E-state index in [2.05, 4.69) is 20.5 Å². The number of rotatable bonds is 4. The van der Waals surface area contributed by atoms with Crippen molar-refractivity contribution in [3.63, 3.8) is 0 Å². The van der Waals surface area contributed by atoms with Crippen molar-refractivity contribution in [3.05, 3.63) is 24.3 Å². The van der Waals surface area contributed by atoms with Crippen LogP contribution in [0.25, 0.3) is 10.2 Å². The Morgan fingerprint density at radius 2 is 2.18 bits per heavy atom. The smallest absolute Gasteiger partial charge is 0.321 e. The highest BCUT2D eigenvalue weighted by atomic mass is 32.1. The molecule has 0 aliphatic carbocycles. The Hall–Kier alpha value is -1.70. The van der Waals surface area contributed by atoms with Gasteiger partial charge in [0.25, 0.3) is 0 Å². The molecule has 1 aliphatic heterocycles. The average Bonchev–Trinajstić information content (AvgIpc) is 2.89. The Balaban J connectivity index is 1.50. The minimum Gasteiger partial charge on any atom is -0.379 e. The van der Waals surface area contributed by atoms with Gasteiger partial charge in [-0.1, -0.05) is 23.5 Å². The van der Waals surface area contributed by atoms with Crippen LogP contribution in [0.3, 0.4) is 0 Å². The van der Waals surface area contributed by atoms with Crippen LogP contribution in [0.15, 0.2) is 24.3 Å². The second-order valence-corrected chi connectivity index (χ2v) is 6.43. The fraction of sp³-hybridized carbons (Fsp3) is 0.467. The highest BCUT2D eigenvalue weighted by molar-refractivity contribution is 7.22. The fourth-order valence-electron chi connectivity index (χ4n) is 2.50. The lowest BCUT2D eigenvalue weighted by Crippen LogP contribution is -2.47. The zero-order valence-electron chi connectivity index (χ0n) is 12.5. The second kappa shape index (κ2) is 7.04. The van der Waals surface area contributed by atoms with Gasteiger partial charge in [-0.15, -0.1) is 0 Å². The molecule has 2 N–H and O–H groups in total. The van der Waals surface area contributed by atoms with Crippen molar-refractivity contribution in [1.29, 1.82) is 0 Å². The van der Waals surface area contributed by atoms with Gasteiger partial charge in [0.1, 0.15) is 0 Å². The third-order valence-corrected chi connectivity index (χ3v) is 4.48. The molecule has 1 saturated heterocycles. The lowest BCUT2D eigenvalue weighted by Gasteiger charge is -2.29. The topological polar surface area (TPSA) is 66.5 Å². The first-order chi connectivity index (χ1) is 10.7. The first-order valence-electron chi connectivity index (χ1n) is 7.44. The zero-order chi connectivity index (χ0) is 15.4. The molecule has 1 aromatic heterocycles. The van der Waals surface area contributed by atoms with Gasteiger partial charge in [-0.3, -0.25) is 10.2 Å². The van der Waals surface area contributed by atoms with Crippen molar-refractivity contribution in [2.24, 2.45) is 0 Å². The van der Waals surface area contributed by atoms with Crippen LogP contribution in [0.5, 0.6) is 0 Å². The number of aromatic nitrogens is 1. The van der Waals surface area contributed by atoms with Crippen LogP contribution in [0, 0.1) is 0 Å². The summed E-state index contributed by atoms with van der Waals surface area (Å²) in [7, 11) is 0. The first kappa shape index (κ1) is 15.2. The van der Waals surface area contributed by atoms with Gasteiger partial charge in [0.15, 0.2) is 5.13 Å². The number of ether oxygens (including phenoxy) is 1. The van der Waals surface area contributed by atoms with E-state index in [1.165, 1.54) is 11.3 Å². The summed E-state index contributed by atoms with van der Waals surface area (Å²) >= 11 is 1.48. The number of fused-ring (bicyclic) bond motifs is 1. The molecule has 0 unspecified atom stereocenters. The molecule has 1 atom stereocenters. The molecule has 0 saturated carbocycles. The molecule has 2 amide bonds. The number of benzene rings is 1. The molecule has 2 aromatic rings. The van der Waals surface area contributed by atoms with Gasteiger partial charge in [0, 0.05) is 25.7 Å². The van der Waals surface area contributed by atoms with Crippen molar-refractivity contribution in [2.75, 3.05) is 38.2 Å². The minimum absolute atomic E-state index is 0.0764.